The van der Waals surface area contributed by atoms with Crippen molar-refractivity contribution < 1.29 is 22.8 Å². The number of hydrogen-bond donors (Lipinski definition) is 2. The molecule has 3 aromatic rings. The lowest BCUT2D eigenvalue weighted by Crippen LogP contribution is -2.17. The van der Waals surface area contributed by atoms with Crippen LogP contribution >= 0.6 is 11.6 Å². The molecule has 0 fully saturated rings. The molecule has 0 unspecified atom stereocenters. The normalized spacial score (nSPS) is 11.5. The van der Waals surface area contributed by atoms with E-state index in [2.05, 4.69) is 20.8 Å². The molecular formula is C17H13ClF3N5O2. The van der Waals surface area contributed by atoms with E-state index in [4.69, 9.17) is 11.6 Å². The second-order valence-electron chi connectivity index (χ2n) is 5.83. The number of nitrogens with zero attached hydrogens (tertiary/aromatic N) is 3. The van der Waals surface area contributed by atoms with Crippen molar-refractivity contribution in [1.82, 2.24) is 14.6 Å². The van der Waals surface area contributed by atoms with Gasteiger partial charge in [0, 0.05) is 17.4 Å². The summed E-state index contributed by atoms with van der Waals surface area (Å²) in [7, 11) is 0. The largest absolute Gasteiger partial charge is 0.416 e. The lowest BCUT2D eigenvalue weighted by Gasteiger charge is -2.13. The second-order valence-corrected chi connectivity index (χ2v) is 6.09. The van der Waals surface area contributed by atoms with Crippen molar-refractivity contribution in [3.63, 3.8) is 0 Å². The fourth-order valence-corrected chi connectivity index (χ4v) is 2.54. The van der Waals surface area contributed by atoms with E-state index in [0.717, 1.165) is 12.1 Å². The Kier molecular flexibility index (Phi) is 5.23. The number of amides is 2. The van der Waals surface area contributed by atoms with Crippen LogP contribution in [0.15, 0.2) is 36.5 Å². The first-order valence-electron chi connectivity index (χ1n) is 7.88. The van der Waals surface area contributed by atoms with Gasteiger partial charge >= 0.3 is 6.18 Å². The summed E-state index contributed by atoms with van der Waals surface area (Å²) < 4.78 is 41.1. The van der Waals surface area contributed by atoms with Crippen molar-refractivity contribution in [2.45, 2.75) is 13.1 Å². The van der Waals surface area contributed by atoms with Crippen LogP contribution in [0.5, 0.6) is 0 Å². The standard InChI is InChI=1S/C17H13ClF3N5O2/c1-9-24-25-14-3-2-12(8-26(9)14)23-16(28)10-4-11(17(19,20)21)6-13(5-10)22-15(27)7-18/h2-6,8H,7H2,1H3,(H,22,27)(H,23,28). The Hall–Kier alpha value is -3.14. The van der Waals surface area contributed by atoms with Gasteiger partial charge < -0.3 is 10.6 Å². The smallest absolute Gasteiger partial charge is 0.325 e. The highest BCUT2D eigenvalue weighted by atomic mass is 35.5. The number of carbonyl (C=O) groups excluding carboxylic acids is 2. The van der Waals surface area contributed by atoms with Gasteiger partial charge in [-0.3, -0.25) is 14.0 Å². The Morgan fingerprint density at radius 2 is 1.86 bits per heavy atom. The van der Waals surface area contributed by atoms with Gasteiger partial charge in [-0.2, -0.15) is 13.2 Å². The van der Waals surface area contributed by atoms with Crippen molar-refractivity contribution in [2.24, 2.45) is 0 Å². The number of rotatable bonds is 4. The van der Waals surface area contributed by atoms with E-state index in [1.165, 1.54) is 0 Å². The van der Waals surface area contributed by atoms with Gasteiger partial charge in [0.25, 0.3) is 5.91 Å². The molecule has 1 aromatic carbocycles. The lowest BCUT2D eigenvalue weighted by atomic mass is 10.1. The van der Waals surface area contributed by atoms with E-state index >= 15 is 0 Å². The summed E-state index contributed by atoms with van der Waals surface area (Å²) >= 11 is 5.37. The number of hydrogen-bond acceptors (Lipinski definition) is 4. The van der Waals surface area contributed by atoms with E-state index < -0.39 is 29.4 Å². The van der Waals surface area contributed by atoms with Crippen molar-refractivity contribution in [2.75, 3.05) is 16.5 Å². The molecule has 2 amide bonds. The molecule has 0 atom stereocenters. The van der Waals surface area contributed by atoms with Crippen LogP contribution < -0.4 is 10.6 Å². The van der Waals surface area contributed by atoms with E-state index in [1.807, 2.05) is 0 Å². The van der Waals surface area contributed by atoms with Crippen LogP contribution in [-0.4, -0.2) is 32.3 Å². The Morgan fingerprint density at radius 1 is 1.11 bits per heavy atom. The second kappa shape index (κ2) is 7.47. The zero-order valence-corrected chi connectivity index (χ0v) is 15.1. The Morgan fingerprint density at radius 3 is 2.54 bits per heavy atom. The van der Waals surface area contributed by atoms with E-state index in [0.29, 0.717) is 23.2 Å². The average molecular weight is 412 g/mol. The average Bonchev–Trinajstić information content (AvgIpc) is 3.01. The van der Waals surface area contributed by atoms with Crippen LogP contribution in [0.4, 0.5) is 24.5 Å². The van der Waals surface area contributed by atoms with Crippen molar-refractivity contribution in [3.05, 3.63) is 53.5 Å². The van der Waals surface area contributed by atoms with Crippen LogP contribution in [-0.2, 0) is 11.0 Å². The summed E-state index contributed by atoms with van der Waals surface area (Å²) in [6.45, 7) is 1.71. The zero-order chi connectivity index (χ0) is 20.5. The van der Waals surface area contributed by atoms with Crippen molar-refractivity contribution in [3.8, 4) is 0 Å². The third kappa shape index (κ3) is 4.22. The summed E-state index contributed by atoms with van der Waals surface area (Å²) in [5, 5.41) is 12.5. The molecule has 0 aliphatic carbocycles. The number of alkyl halides is 4. The quantitative estimate of drug-likeness (QED) is 0.643. The summed E-state index contributed by atoms with van der Waals surface area (Å²) in [4.78, 5) is 23.9. The molecule has 0 saturated carbocycles. The molecule has 11 heteroatoms. The molecule has 3 rings (SSSR count). The third-order valence-electron chi connectivity index (χ3n) is 3.76. The van der Waals surface area contributed by atoms with Crippen LogP contribution in [0.2, 0.25) is 0 Å². The molecule has 2 heterocycles. The molecule has 2 aromatic heterocycles. The molecule has 2 N–H and O–H groups in total. The lowest BCUT2D eigenvalue weighted by molar-refractivity contribution is -0.137. The molecule has 0 bridgehead atoms. The summed E-state index contributed by atoms with van der Waals surface area (Å²) in [6, 6.07) is 5.72. The first kappa shape index (κ1) is 19.6. The Bertz CT molecular complexity index is 1060. The number of benzene rings is 1. The predicted octanol–water partition coefficient (Wildman–Crippen LogP) is 3.49. The van der Waals surface area contributed by atoms with Gasteiger partial charge in [0.05, 0.1) is 11.3 Å². The van der Waals surface area contributed by atoms with Crippen LogP contribution in [0.1, 0.15) is 21.7 Å². The first-order valence-corrected chi connectivity index (χ1v) is 8.41. The van der Waals surface area contributed by atoms with E-state index in [1.54, 1.807) is 29.7 Å². The monoisotopic (exact) mass is 411 g/mol. The van der Waals surface area contributed by atoms with Gasteiger partial charge in [-0.15, -0.1) is 21.8 Å². The van der Waals surface area contributed by atoms with Gasteiger partial charge in [0.2, 0.25) is 5.91 Å². The van der Waals surface area contributed by atoms with Gasteiger partial charge in [0.1, 0.15) is 11.7 Å². The summed E-state index contributed by atoms with van der Waals surface area (Å²) in [5.74, 6) is -1.33. The van der Waals surface area contributed by atoms with Crippen LogP contribution in [0.3, 0.4) is 0 Å². The highest BCUT2D eigenvalue weighted by Crippen LogP contribution is 2.32. The minimum atomic E-state index is -4.70. The van der Waals surface area contributed by atoms with Gasteiger partial charge in [-0.1, -0.05) is 0 Å². The number of fused-ring (bicyclic) bond motifs is 1. The number of aromatic nitrogens is 3. The van der Waals surface area contributed by atoms with E-state index in [-0.39, 0.29) is 11.3 Å². The maximum absolute atomic E-state index is 13.2. The van der Waals surface area contributed by atoms with Gasteiger partial charge in [-0.25, -0.2) is 0 Å². The number of aryl methyl sites for hydroxylation is 1. The molecule has 0 spiro atoms. The van der Waals surface area contributed by atoms with E-state index in [9.17, 15) is 22.8 Å². The molecule has 28 heavy (non-hydrogen) atoms. The maximum atomic E-state index is 13.2. The molecule has 0 saturated heterocycles. The number of anilines is 2. The van der Waals surface area contributed by atoms with Gasteiger partial charge in [0.15, 0.2) is 5.65 Å². The van der Waals surface area contributed by atoms with Crippen molar-refractivity contribution in [1.29, 1.82) is 0 Å². The maximum Gasteiger partial charge on any atom is 0.416 e. The number of pyridine rings is 1. The number of halogens is 4. The highest BCUT2D eigenvalue weighted by molar-refractivity contribution is 6.29. The zero-order valence-electron chi connectivity index (χ0n) is 14.3. The topological polar surface area (TPSA) is 88.4 Å². The molecule has 0 aliphatic rings. The molecule has 146 valence electrons. The minimum Gasteiger partial charge on any atom is -0.325 e. The third-order valence-corrected chi connectivity index (χ3v) is 4.00. The number of nitrogens with one attached hydrogen (secondary N) is 2. The molecular weight excluding hydrogens is 399 g/mol. The predicted molar refractivity (Wildman–Crippen MR) is 96.5 cm³/mol. The van der Waals surface area contributed by atoms with Crippen molar-refractivity contribution >= 4 is 40.4 Å². The number of carbonyl (C=O) groups is 2. The summed E-state index contributed by atoms with van der Waals surface area (Å²) in [5.41, 5.74) is -0.643. The van der Waals surface area contributed by atoms with Crippen LogP contribution in [0, 0.1) is 6.92 Å². The highest BCUT2D eigenvalue weighted by Gasteiger charge is 2.32. The SMILES string of the molecule is Cc1nnc2ccc(NC(=O)c3cc(NC(=O)CCl)cc(C(F)(F)F)c3)cn12. The fraction of sp³-hybridized carbons (Fsp3) is 0.176. The van der Waals surface area contributed by atoms with Crippen LogP contribution in [0.25, 0.3) is 5.65 Å². The fourth-order valence-electron chi connectivity index (χ4n) is 2.47. The molecule has 0 radical (unpaired) electrons. The minimum absolute atomic E-state index is 0.185. The summed E-state index contributed by atoms with van der Waals surface area (Å²) in [6.07, 6.45) is -3.15. The first-order chi connectivity index (χ1) is 13.2. The Labute approximate surface area is 161 Å². The Balaban J connectivity index is 1.93. The molecule has 0 aliphatic heterocycles. The molecule has 7 nitrogen and oxygen atoms in total. The van der Waals surface area contributed by atoms with Gasteiger partial charge in [-0.05, 0) is 37.3 Å².